The van der Waals surface area contributed by atoms with Crippen LogP contribution >= 0.6 is 11.6 Å². The fourth-order valence-electron chi connectivity index (χ4n) is 3.51. The van der Waals surface area contributed by atoms with Crippen molar-refractivity contribution in [1.29, 1.82) is 0 Å². The molecule has 1 aromatic carbocycles. The summed E-state index contributed by atoms with van der Waals surface area (Å²) in [6.45, 7) is 3.17. The Morgan fingerprint density at radius 1 is 1.40 bits per heavy atom. The Kier molecular flexibility index (Phi) is 10.9. The lowest BCUT2D eigenvalue weighted by Gasteiger charge is -2.34. The third-order valence-corrected chi connectivity index (χ3v) is 5.20. The van der Waals surface area contributed by atoms with Gasteiger partial charge in [-0.2, -0.15) is 0 Å². The van der Waals surface area contributed by atoms with Gasteiger partial charge in [0.1, 0.15) is 6.61 Å². The van der Waals surface area contributed by atoms with Gasteiger partial charge in [0.25, 0.3) is 0 Å². The summed E-state index contributed by atoms with van der Waals surface area (Å²) >= 11 is 6.00. The fraction of sp³-hybridized carbons (Fsp3) is 0.565. The number of aliphatic hydroxyl groups excluding tert-OH is 1. The first-order valence-corrected chi connectivity index (χ1v) is 11.0. The SMILES string of the molecule is CCOC(=O)COCCCCN1C(=O)CCC[C@@H]1C=CC(O)Cc1cccc(Cl)c1. The number of nitrogens with zero attached hydrogens (tertiary/aromatic N) is 1. The molecule has 30 heavy (non-hydrogen) atoms. The summed E-state index contributed by atoms with van der Waals surface area (Å²) in [7, 11) is 0. The summed E-state index contributed by atoms with van der Waals surface area (Å²) in [5, 5.41) is 11.0. The van der Waals surface area contributed by atoms with E-state index >= 15 is 0 Å². The van der Waals surface area contributed by atoms with Gasteiger partial charge in [-0.1, -0.05) is 35.9 Å². The standard InChI is InChI=1S/C23H32ClNO5/c1-2-30-23(28)17-29-14-4-3-13-25-20(9-6-10-22(25)27)11-12-21(26)16-18-7-5-8-19(24)15-18/h5,7-8,11-12,15,20-21,26H,2-4,6,9-10,13-14,16-17H2,1H3/t20-,21?/m1/s1. The third kappa shape index (κ3) is 8.86. The lowest BCUT2D eigenvalue weighted by Crippen LogP contribution is -2.43. The predicted molar refractivity (Wildman–Crippen MR) is 116 cm³/mol. The van der Waals surface area contributed by atoms with Crippen LogP contribution in [-0.4, -0.2) is 60.4 Å². The molecule has 7 heteroatoms. The Hall–Kier alpha value is -1.89. The van der Waals surface area contributed by atoms with Crippen molar-refractivity contribution in [1.82, 2.24) is 4.90 Å². The van der Waals surface area contributed by atoms with Crippen molar-refractivity contribution in [3.63, 3.8) is 0 Å². The van der Waals surface area contributed by atoms with Crippen LogP contribution in [0.5, 0.6) is 0 Å². The lowest BCUT2D eigenvalue weighted by atomic mass is 9.99. The molecule has 2 atom stereocenters. The number of benzene rings is 1. The first-order valence-electron chi connectivity index (χ1n) is 10.6. The smallest absolute Gasteiger partial charge is 0.332 e. The zero-order chi connectivity index (χ0) is 21.8. The molecule has 1 aliphatic heterocycles. The summed E-state index contributed by atoms with van der Waals surface area (Å²) in [6, 6.07) is 7.45. The summed E-state index contributed by atoms with van der Waals surface area (Å²) in [4.78, 5) is 25.5. The van der Waals surface area contributed by atoms with Gasteiger partial charge in [-0.05, 0) is 50.3 Å². The van der Waals surface area contributed by atoms with Crippen molar-refractivity contribution in [3.8, 4) is 0 Å². The minimum absolute atomic E-state index is 0.000659. The normalized spacial score (nSPS) is 18.0. The topological polar surface area (TPSA) is 76.1 Å². The molecule has 0 bridgehead atoms. The van der Waals surface area contributed by atoms with Crippen LogP contribution in [0.15, 0.2) is 36.4 Å². The highest BCUT2D eigenvalue weighted by atomic mass is 35.5. The predicted octanol–water partition coefficient (Wildman–Crippen LogP) is 3.54. The Balaban J connectivity index is 1.77. The highest BCUT2D eigenvalue weighted by Crippen LogP contribution is 2.20. The maximum atomic E-state index is 12.4. The summed E-state index contributed by atoms with van der Waals surface area (Å²) in [5.74, 6) is -0.210. The lowest BCUT2D eigenvalue weighted by molar-refractivity contribution is -0.148. The minimum Gasteiger partial charge on any atom is -0.464 e. The van der Waals surface area contributed by atoms with Gasteiger partial charge < -0.3 is 19.5 Å². The molecule has 0 aromatic heterocycles. The number of piperidine rings is 1. The van der Waals surface area contributed by atoms with Crippen LogP contribution in [0, 0.1) is 0 Å². The van der Waals surface area contributed by atoms with Crippen LogP contribution in [0.25, 0.3) is 0 Å². The first-order chi connectivity index (χ1) is 14.5. The summed E-state index contributed by atoms with van der Waals surface area (Å²) < 4.78 is 10.1. The van der Waals surface area contributed by atoms with Gasteiger partial charge in [-0.3, -0.25) is 4.79 Å². The van der Waals surface area contributed by atoms with Crippen molar-refractivity contribution >= 4 is 23.5 Å². The molecule has 1 saturated heterocycles. The van der Waals surface area contributed by atoms with Crippen LogP contribution in [0.2, 0.25) is 5.02 Å². The molecule has 0 radical (unpaired) electrons. The average Bonchev–Trinajstić information content (AvgIpc) is 2.70. The Bertz CT molecular complexity index is 709. The molecule has 6 nitrogen and oxygen atoms in total. The molecule has 2 rings (SSSR count). The van der Waals surface area contributed by atoms with Gasteiger partial charge in [0.2, 0.25) is 5.91 Å². The second kappa shape index (κ2) is 13.4. The van der Waals surface area contributed by atoms with Crippen molar-refractivity contribution in [2.75, 3.05) is 26.4 Å². The van der Waals surface area contributed by atoms with Crippen LogP contribution in [0.1, 0.15) is 44.6 Å². The van der Waals surface area contributed by atoms with E-state index in [1.54, 1.807) is 19.1 Å². The van der Waals surface area contributed by atoms with Gasteiger partial charge in [-0.25, -0.2) is 4.79 Å². The second-order valence-corrected chi connectivity index (χ2v) is 7.83. The van der Waals surface area contributed by atoms with Crippen molar-refractivity contribution in [3.05, 3.63) is 47.0 Å². The highest BCUT2D eigenvalue weighted by molar-refractivity contribution is 6.30. The number of likely N-dealkylation sites (tertiary alicyclic amines) is 1. The van der Waals surface area contributed by atoms with Gasteiger partial charge in [0.15, 0.2) is 0 Å². The average molecular weight is 438 g/mol. The Morgan fingerprint density at radius 2 is 2.23 bits per heavy atom. The number of amides is 1. The number of hydrogen-bond acceptors (Lipinski definition) is 5. The molecule has 1 unspecified atom stereocenters. The van der Waals surface area contributed by atoms with E-state index in [-0.39, 0.29) is 24.5 Å². The largest absolute Gasteiger partial charge is 0.464 e. The Labute approximate surface area is 183 Å². The summed E-state index contributed by atoms with van der Waals surface area (Å²) in [6.07, 6.45) is 7.45. The summed E-state index contributed by atoms with van der Waals surface area (Å²) in [5.41, 5.74) is 0.971. The van der Waals surface area contributed by atoms with E-state index in [0.717, 1.165) is 31.2 Å². The van der Waals surface area contributed by atoms with Gasteiger partial charge in [0.05, 0.1) is 18.8 Å². The number of rotatable bonds is 12. The number of hydrogen-bond donors (Lipinski definition) is 1. The molecule has 1 fully saturated rings. The molecule has 0 aliphatic carbocycles. The Morgan fingerprint density at radius 3 is 3.00 bits per heavy atom. The number of carbonyl (C=O) groups is 2. The molecular formula is C23H32ClNO5. The molecule has 1 N–H and O–H groups in total. The maximum Gasteiger partial charge on any atom is 0.332 e. The number of carbonyl (C=O) groups excluding carboxylic acids is 2. The fourth-order valence-corrected chi connectivity index (χ4v) is 3.72. The van der Waals surface area contributed by atoms with Crippen molar-refractivity contribution < 1.29 is 24.2 Å². The molecule has 1 heterocycles. The van der Waals surface area contributed by atoms with Gasteiger partial charge in [-0.15, -0.1) is 0 Å². The first kappa shape index (κ1) is 24.4. The number of aliphatic hydroxyl groups is 1. The van der Waals surface area contributed by atoms with Gasteiger partial charge >= 0.3 is 5.97 Å². The van der Waals surface area contributed by atoms with Crippen molar-refractivity contribution in [2.45, 2.75) is 57.6 Å². The number of ether oxygens (including phenoxy) is 2. The zero-order valence-electron chi connectivity index (χ0n) is 17.6. The van der Waals surface area contributed by atoms with Crippen molar-refractivity contribution in [2.24, 2.45) is 0 Å². The van der Waals surface area contributed by atoms with E-state index in [4.69, 9.17) is 21.1 Å². The third-order valence-electron chi connectivity index (χ3n) is 4.96. The van der Waals surface area contributed by atoms with Crippen LogP contribution in [0.4, 0.5) is 0 Å². The van der Waals surface area contributed by atoms with Gasteiger partial charge in [0, 0.05) is 31.0 Å². The minimum atomic E-state index is -0.626. The molecule has 1 aromatic rings. The van der Waals surface area contributed by atoms with E-state index in [0.29, 0.717) is 37.6 Å². The van der Waals surface area contributed by atoms with E-state index in [9.17, 15) is 14.7 Å². The van der Waals surface area contributed by atoms with Crippen LogP contribution in [-0.2, 0) is 25.5 Å². The van der Waals surface area contributed by atoms with E-state index in [1.165, 1.54) is 0 Å². The molecular weight excluding hydrogens is 406 g/mol. The van der Waals surface area contributed by atoms with Crippen LogP contribution in [0.3, 0.4) is 0 Å². The second-order valence-electron chi connectivity index (χ2n) is 7.40. The molecule has 0 saturated carbocycles. The molecule has 0 spiro atoms. The van der Waals surface area contributed by atoms with E-state index in [2.05, 4.69) is 0 Å². The molecule has 1 aliphatic rings. The monoisotopic (exact) mass is 437 g/mol. The number of esters is 1. The zero-order valence-corrected chi connectivity index (χ0v) is 18.4. The maximum absolute atomic E-state index is 12.4. The number of unbranched alkanes of at least 4 members (excludes halogenated alkanes) is 1. The van der Waals surface area contributed by atoms with E-state index < -0.39 is 6.10 Å². The van der Waals surface area contributed by atoms with E-state index in [1.807, 2.05) is 29.2 Å². The molecule has 166 valence electrons. The highest BCUT2D eigenvalue weighted by Gasteiger charge is 2.25. The van der Waals surface area contributed by atoms with Crippen LogP contribution < -0.4 is 0 Å². The quantitative estimate of drug-likeness (QED) is 0.307. The molecule has 1 amide bonds. The number of halogens is 1.